The van der Waals surface area contributed by atoms with Gasteiger partial charge in [-0.2, -0.15) is 0 Å². The topological polar surface area (TPSA) is 83.1 Å². The van der Waals surface area contributed by atoms with E-state index in [0.717, 1.165) is 21.3 Å². The second-order valence-electron chi connectivity index (χ2n) is 8.99. The average Bonchev–Trinajstić information content (AvgIpc) is 3.32. The predicted molar refractivity (Wildman–Crippen MR) is 137 cm³/mol. The predicted octanol–water partition coefficient (Wildman–Crippen LogP) is 5.12. The first kappa shape index (κ1) is 24.6. The summed E-state index contributed by atoms with van der Waals surface area (Å²) in [6.07, 6.45) is 1.04. The molecule has 0 amide bonds. The Balaban J connectivity index is 1.56. The van der Waals surface area contributed by atoms with Crippen molar-refractivity contribution in [3.8, 4) is 11.5 Å². The van der Waals surface area contributed by atoms with Gasteiger partial charge in [-0.25, -0.2) is 4.79 Å². The van der Waals surface area contributed by atoms with E-state index >= 15 is 0 Å². The van der Waals surface area contributed by atoms with E-state index in [4.69, 9.17) is 18.9 Å². The lowest BCUT2D eigenvalue weighted by atomic mass is 9.71. The number of halogens is 1. The monoisotopic (exact) mass is 553 g/mol. The molecule has 1 N–H and O–H groups in total. The Morgan fingerprint density at radius 2 is 1.86 bits per heavy atom. The third-order valence-electron chi connectivity index (χ3n) is 6.79. The quantitative estimate of drug-likeness (QED) is 0.376. The van der Waals surface area contributed by atoms with Gasteiger partial charge in [-0.3, -0.25) is 4.79 Å². The fraction of sp³-hybridized carbons (Fsp3) is 0.357. The molecule has 2 aliphatic heterocycles. The zero-order valence-corrected chi connectivity index (χ0v) is 21.9. The van der Waals surface area contributed by atoms with Crippen LogP contribution in [0.15, 0.2) is 69.5 Å². The number of esters is 1. The summed E-state index contributed by atoms with van der Waals surface area (Å²) in [5.74, 6) is 0.209. The molecule has 36 heavy (non-hydrogen) atoms. The molecule has 0 bridgehead atoms. The number of hydrogen-bond acceptors (Lipinski definition) is 7. The number of allylic oxidation sites excluding steroid dienone is 3. The third kappa shape index (κ3) is 4.67. The number of ketones is 1. The van der Waals surface area contributed by atoms with Crippen molar-refractivity contribution in [2.24, 2.45) is 0 Å². The Bertz CT molecular complexity index is 1250. The van der Waals surface area contributed by atoms with Crippen LogP contribution in [0.5, 0.6) is 11.5 Å². The highest BCUT2D eigenvalue weighted by molar-refractivity contribution is 9.10. The smallest absolute Gasteiger partial charge is 0.336 e. The van der Waals surface area contributed by atoms with Crippen molar-refractivity contribution in [2.45, 2.75) is 38.5 Å². The van der Waals surface area contributed by atoms with Crippen LogP contribution >= 0.6 is 15.9 Å². The molecule has 2 aromatic rings. The number of benzene rings is 2. The lowest BCUT2D eigenvalue weighted by Gasteiger charge is -2.37. The van der Waals surface area contributed by atoms with Gasteiger partial charge >= 0.3 is 5.97 Å². The van der Waals surface area contributed by atoms with E-state index in [1.165, 1.54) is 0 Å². The van der Waals surface area contributed by atoms with Crippen LogP contribution in [-0.2, 0) is 19.1 Å². The Labute approximate surface area is 218 Å². The van der Waals surface area contributed by atoms with Crippen LogP contribution in [0.1, 0.15) is 49.7 Å². The van der Waals surface area contributed by atoms with Gasteiger partial charge in [-0.05, 0) is 49.4 Å². The van der Waals surface area contributed by atoms with Gasteiger partial charge in [0.15, 0.2) is 17.3 Å². The van der Waals surface area contributed by atoms with Crippen LogP contribution in [0.2, 0.25) is 0 Å². The summed E-state index contributed by atoms with van der Waals surface area (Å²) >= 11 is 3.66. The Morgan fingerprint density at radius 3 is 2.61 bits per heavy atom. The Hall–Kier alpha value is -3.10. The largest absolute Gasteiger partial charge is 0.460 e. The van der Waals surface area contributed by atoms with E-state index in [1.807, 2.05) is 44.2 Å². The first-order chi connectivity index (χ1) is 17.5. The molecule has 2 heterocycles. The lowest BCUT2D eigenvalue weighted by Crippen LogP contribution is -2.36. The van der Waals surface area contributed by atoms with Crippen LogP contribution in [0, 0.1) is 0 Å². The molecule has 3 aliphatic rings. The van der Waals surface area contributed by atoms with E-state index in [1.54, 1.807) is 0 Å². The Morgan fingerprint density at radius 1 is 1.11 bits per heavy atom. The second-order valence-corrected chi connectivity index (χ2v) is 9.84. The van der Waals surface area contributed by atoms with Crippen molar-refractivity contribution in [1.82, 2.24) is 5.32 Å². The van der Waals surface area contributed by atoms with Crippen molar-refractivity contribution >= 4 is 27.7 Å². The summed E-state index contributed by atoms with van der Waals surface area (Å²) in [6.45, 7) is 4.86. The number of carbonyl (C=O) groups is 2. The molecular formula is C28H28BrNO6. The van der Waals surface area contributed by atoms with Gasteiger partial charge in [0.05, 0.1) is 12.2 Å². The van der Waals surface area contributed by atoms with Gasteiger partial charge in [0.25, 0.3) is 0 Å². The van der Waals surface area contributed by atoms with Gasteiger partial charge in [0, 0.05) is 40.4 Å². The maximum Gasteiger partial charge on any atom is 0.336 e. The highest BCUT2D eigenvalue weighted by Crippen LogP contribution is 2.49. The molecule has 5 rings (SSSR count). The number of rotatable bonds is 7. The SMILES string of the molecule is CCOCCOC(=O)C1=C(C)NC2=C(C(=O)CC(c3ccccc3)C2)C1c1cc2c(cc1Br)OCO2. The maximum atomic E-state index is 13.8. The maximum absolute atomic E-state index is 13.8. The van der Waals surface area contributed by atoms with E-state index < -0.39 is 11.9 Å². The lowest BCUT2D eigenvalue weighted by molar-refractivity contribution is -0.140. The molecule has 8 heteroatoms. The molecular weight excluding hydrogens is 526 g/mol. The minimum Gasteiger partial charge on any atom is -0.460 e. The van der Waals surface area contributed by atoms with Crippen LogP contribution in [0.4, 0.5) is 0 Å². The second kappa shape index (κ2) is 10.5. The molecule has 2 aromatic carbocycles. The molecule has 0 radical (unpaired) electrons. The number of fused-ring (bicyclic) bond motifs is 1. The van der Waals surface area contributed by atoms with E-state index in [-0.39, 0.29) is 25.1 Å². The molecule has 2 atom stereocenters. The number of Topliss-reactive ketones (excluding diaryl/α,β-unsaturated/α-hetero) is 1. The Kier molecular flexibility index (Phi) is 7.16. The van der Waals surface area contributed by atoms with E-state index in [9.17, 15) is 9.59 Å². The van der Waals surface area contributed by atoms with Crippen LogP contribution < -0.4 is 14.8 Å². The van der Waals surface area contributed by atoms with Crippen molar-refractivity contribution in [1.29, 1.82) is 0 Å². The van der Waals surface area contributed by atoms with Crippen LogP contribution in [0.25, 0.3) is 0 Å². The van der Waals surface area contributed by atoms with Gasteiger partial charge in [0.2, 0.25) is 6.79 Å². The van der Waals surface area contributed by atoms with E-state index in [0.29, 0.717) is 54.4 Å². The zero-order chi connectivity index (χ0) is 25.2. The summed E-state index contributed by atoms with van der Waals surface area (Å²) in [6, 6.07) is 13.8. The molecule has 0 fully saturated rings. The minimum atomic E-state index is -0.603. The van der Waals surface area contributed by atoms with Gasteiger partial charge in [-0.15, -0.1) is 0 Å². The van der Waals surface area contributed by atoms with Gasteiger partial charge in [-0.1, -0.05) is 46.3 Å². The first-order valence-electron chi connectivity index (χ1n) is 12.1. The minimum absolute atomic E-state index is 0.0132. The number of ether oxygens (including phenoxy) is 4. The van der Waals surface area contributed by atoms with Crippen LogP contribution in [-0.4, -0.2) is 38.4 Å². The number of nitrogens with one attached hydrogen (secondary N) is 1. The molecule has 0 spiro atoms. The highest BCUT2D eigenvalue weighted by Gasteiger charge is 2.42. The number of carbonyl (C=O) groups excluding carboxylic acids is 2. The summed E-state index contributed by atoms with van der Waals surface area (Å²) in [7, 11) is 0. The first-order valence-corrected chi connectivity index (χ1v) is 12.9. The third-order valence-corrected chi connectivity index (χ3v) is 7.47. The van der Waals surface area contributed by atoms with Crippen molar-refractivity contribution < 1.29 is 28.5 Å². The molecule has 1 aliphatic carbocycles. The normalized spacial score (nSPS) is 20.8. The van der Waals surface area contributed by atoms with Crippen molar-refractivity contribution in [2.75, 3.05) is 26.6 Å². The fourth-order valence-electron chi connectivity index (χ4n) is 5.15. The fourth-order valence-corrected chi connectivity index (χ4v) is 5.70. The van der Waals surface area contributed by atoms with E-state index in [2.05, 4.69) is 33.4 Å². The molecule has 7 nitrogen and oxygen atoms in total. The van der Waals surface area contributed by atoms with Gasteiger partial charge < -0.3 is 24.3 Å². The molecule has 0 saturated carbocycles. The molecule has 0 saturated heterocycles. The standard InChI is InChI=1S/C28H28BrNO6/c1-3-33-9-10-34-28(32)25-16(2)30-21-11-18(17-7-5-4-6-8-17)12-22(31)27(21)26(25)19-13-23-24(14-20(19)29)36-15-35-23/h4-8,13-14,18,26,30H,3,9-12,15H2,1-2H3. The van der Waals surface area contributed by atoms with Crippen molar-refractivity contribution in [3.05, 3.63) is 80.6 Å². The van der Waals surface area contributed by atoms with Gasteiger partial charge in [0.1, 0.15) is 6.61 Å². The summed E-state index contributed by atoms with van der Waals surface area (Å²) < 4.78 is 22.8. The average molecular weight is 554 g/mol. The molecule has 0 aromatic heterocycles. The molecule has 188 valence electrons. The van der Waals surface area contributed by atoms with Crippen LogP contribution in [0.3, 0.4) is 0 Å². The summed E-state index contributed by atoms with van der Waals surface area (Å²) in [4.78, 5) is 27.1. The summed E-state index contributed by atoms with van der Waals surface area (Å²) in [5.41, 5.74) is 4.42. The highest BCUT2D eigenvalue weighted by atomic mass is 79.9. The number of hydrogen-bond donors (Lipinski definition) is 1. The zero-order valence-electron chi connectivity index (χ0n) is 20.3. The number of dihydropyridines is 1. The van der Waals surface area contributed by atoms with Crippen molar-refractivity contribution in [3.63, 3.8) is 0 Å². The summed E-state index contributed by atoms with van der Waals surface area (Å²) in [5, 5.41) is 3.39. The molecule has 2 unspecified atom stereocenters.